The summed E-state index contributed by atoms with van der Waals surface area (Å²) in [6.45, 7) is 8.41. The molecule has 3 N–H and O–H groups in total. The van der Waals surface area contributed by atoms with Crippen molar-refractivity contribution in [3.8, 4) is 5.75 Å². The average molecular weight is 627 g/mol. The number of amidine groups is 1. The molecule has 0 atom stereocenters. The topological polar surface area (TPSA) is 96.9 Å². The number of nitrogens with one attached hydrogen (secondary N) is 3. The van der Waals surface area contributed by atoms with Gasteiger partial charge in [0.15, 0.2) is 29.9 Å². The minimum absolute atomic E-state index is 0.0480. The fourth-order valence-electron chi connectivity index (χ4n) is 4.96. The summed E-state index contributed by atoms with van der Waals surface area (Å²) < 4.78 is 75.2. The van der Waals surface area contributed by atoms with Crippen molar-refractivity contribution in [2.45, 2.75) is 20.0 Å². The van der Waals surface area contributed by atoms with E-state index in [1.54, 1.807) is 25.1 Å². The monoisotopic (exact) mass is 626 g/mol. The summed E-state index contributed by atoms with van der Waals surface area (Å²) in [6.07, 6.45) is 0.854. The fraction of sp³-hybridized carbons (Fsp3) is 0.258. The number of aliphatic imine (C=N–C) groups is 2. The van der Waals surface area contributed by atoms with Crippen LogP contribution in [0.15, 0.2) is 70.4 Å². The van der Waals surface area contributed by atoms with Gasteiger partial charge in [-0.3, -0.25) is 5.10 Å². The molecule has 1 aliphatic heterocycles. The number of rotatable bonds is 9. The van der Waals surface area contributed by atoms with Crippen LogP contribution in [-0.4, -0.2) is 65.5 Å². The van der Waals surface area contributed by atoms with Crippen LogP contribution in [0.3, 0.4) is 0 Å². The molecule has 3 heterocycles. The number of fused-ring (bicyclic) bond motifs is 1. The number of anilines is 2. The maximum atomic E-state index is 15.1. The van der Waals surface area contributed by atoms with E-state index in [-0.39, 0.29) is 23.4 Å². The van der Waals surface area contributed by atoms with E-state index in [4.69, 9.17) is 4.74 Å². The molecule has 0 unspecified atom stereocenters. The van der Waals surface area contributed by atoms with Gasteiger partial charge >= 0.3 is 6.18 Å². The molecule has 5 rings (SSSR count). The van der Waals surface area contributed by atoms with E-state index in [1.165, 1.54) is 12.1 Å². The number of hydrogen-bond donors (Lipinski definition) is 3. The Morgan fingerprint density at radius 2 is 1.91 bits per heavy atom. The number of nitrogens with zero attached hydrogens (tertiary/aromatic N) is 5. The van der Waals surface area contributed by atoms with Crippen molar-refractivity contribution in [1.82, 2.24) is 20.1 Å². The number of hydrogen-bond acceptors (Lipinski definition) is 6. The highest BCUT2D eigenvalue weighted by atomic mass is 19.4. The Kier molecular flexibility index (Phi) is 9.21. The van der Waals surface area contributed by atoms with Crippen LogP contribution in [0.5, 0.6) is 5.75 Å². The van der Waals surface area contributed by atoms with Gasteiger partial charge in [0.1, 0.15) is 11.7 Å². The van der Waals surface area contributed by atoms with Crippen LogP contribution in [0.1, 0.15) is 23.9 Å². The van der Waals surface area contributed by atoms with E-state index < -0.39 is 23.4 Å². The van der Waals surface area contributed by atoms with E-state index in [1.807, 2.05) is 28.9 Å². The molecule has 1 aliphatic rings. The maximum absolute atomic E-state index is 15.1. The Balaban J connectivity index is 1.38. The van der Waals surface area contributed by atoms with Gasteiger partial charge in [0.2, 0.25) is 0 Å². The lowest BCUT2D eigenvalue weighted by atomic mass is 10.1. The second-order valence-electron chi connectivity index (χ2n) is 10.2. The van der Waals surface area contributed by atoms with Gasteiger partial charge in [-0.2, -0.15) is 18.3 Å². The zero-order chi connectivity index (χ0) is 32.1. The first-order valence-electron chi connectivity index (χ1n) is 14.0. The second-order valence-corrected chi connectivity index (χ2v) is 10.2. The van der Waals surface area contributed by atoms with Crippen molar-refractivity contribution in [2.75, 3.05) is 43.1 Å². The summed E-state index contributed by atoms with van der Waals surface area (Å²) in [5.74, 6) is -0.523. The average Bonchev–Trinajstić information content (AvgIpc) is 3.64. The first-order valence-corrected chi connectivity index (χ1v) is 14.0. The van der Waals surface area contributed by atoms with Gasteiger partial charge in [-0.15, -0.1) is 0 Å². The van der Waals surface area contributed by atoms with E-state index >= 15 is 4.39 Å². The van der Waals surface area contributed by atoms with Crippen LogP contribution in [0.25, 0.3) is 17.0 Å². The summed E-state index contributed by atoms with van der Waals surface area (Å²) in [4.78, 5) is 15.1. The van der Waals surface area contributed by atoms with Crippen molar-refractivity contribution in [1.29, 1.82) is 0 Å². The molecule has 0 amide bonds. The Morgan fingerprint density at radius 1 is 1.13 bits per heavy atom. The summed E-state index contributed by atoms with van der Waals surface area (Å²) in [7, 11) is 0. The number of benzene rings is 2. The SMILES string of the molecule is C=N/C(=C\C(=N/COc1cc(F)c2[nH]c(C)cc2c1F)N1CCN(c2cccc(C(F)(F)F)c2)CC1)Nc1cc(/C=C/C)[nH]n1. The Bertz CT molecular complexity index is 1760. The van der Waals surface area contributed by atoms with Gasteiger partial charge in [-0.1, -0.05) is 12.1 Å². The van der Waals surface area contributed by atoms with Crippen LogP contribution in [0, 0.1) is 18.6 Å². The number of aromatic nitrogens is 3. The molecule has 236 valence electrons. The van der Waals surface area contributed by atoms with Crippen LogP contribution < -0.4 is 15.0 Å². The third-order valence-corrected chi connectivity index (χ3v) is 7.13. The molecule has 0 bridgehead atoms. The first-order chi connectivity index (χ1) is 21.5. The summed E-state index contributed by atoms with van der Waals surface area (Å²) >= 11 is 0. The molecule has 2 aromatic heterocycles. The molecule has 0 radical (unpaired) electrons. The van der Waals surface area contributed by atoms with Crippen LogP contribution in [0.2, 0.25) is 0 Å². The molecular formula is C31H31F5N8O. The Morgan fingerprint density at radius 3 is 2.62 bits per heavy atom. The highest BCUT2D eigenvalue weighted by Crippen LogP contribution is 2.32. The number of halogens is 5. The van der Waals surface area contributed by atoms with E-state index in [0.29, 0.717) is 55.0 Å². The zero-order valence-corrected chi connectivity index (χ0v) is 24.6. The number of H-pyrrole nitrogens is 2. The molecule has 45 heavy (non-hydrogen) atoms. The molecule has 1 fully saturated rings. The van der Waals surface area contributed by atoms with Crippen LogP contribution >= 0.6 is 0 Å². The number of ether oxygens (including phenoxy) is 1. The standard InChI is InChI=1S/C31H31F5N8O/c1-4-6-21-15-27(42-41-21)40-26(37-3)17-28(38-18-45-25-16-24(32)30-23(29(25)33)13-19(2)39-30)44-11-9-43(10-12-44)22-8-5-7-20(14-22)31(34,35)36/h4-8,13-17,39H,3,9-12,18H2,1-2H3,(H2,40,41,42)/b6-4+,26-17+,38-28+. The molecule has 0 saturated carbocycles. The fourth-order valence-corrected chi connectivity index (χ4v) is 4.96. The third kappa shape index (κ3) is 7.33. The molecule has 0 aliphatic carbocycles. The van der Waals surface area contributed by atoms with Crippen molar-refractivity contribution >= 4 is 41.0 Å². The molecule has 0 spiro atoms. The predicted molar refractivity (Wildman–Crippen MR) is 166 cm³/mol. The Hall–Kier alpha value is -5.14. The third-order valence-electron chi connectivity index (χ3n) is 7.13. The van der Waals surface area contributed by atoms with E-state index in [0.717, 1.165) is 23.9 Å². The summed E-state index contributed by atoms with van der Waals surface area (Å²) in [5.41, 5.74) is 1.15. The van der Waals surface area contributed by atoms with Crippen LogP contribution in [-0.2, 0) is 6.18 Å². The Labute approximate surface area is 255 Å². The predicted octanol–water partition coefficient (Wildman–Crippen LogP) is 6.74. The number of aromatic amines is 2. The van der Waals surface area contributed by atoms with Crippen molar-refractivity contribution in [3.05, 3.63) is 89.0 Å². The van der Waals surface area contributed by atoms with Gasteiger partial charge < -0.3 is 24.8 Å². The molecule has 2 aromatic carbocycles. The lowest BCUT2D eigenvalue weighted by Crippen LogP contribution is -2.48. The molecule has 1 saturated heterocycles. The summed E-state index contributed by atoms with van der Waals surface area (Å²) in [6, 6.07) is 9.41. The second kappa shape index (κ2) is 13.2. The van der Waals surface area contributed by atoms with Gasteiger partial charge in [-0.05, 0) is 50.9 Å². The first kappa shape index (κ1) is 31.3. The molecule has 9 nitrogen and oxygen atoms in total. The van der Waals surface area contributed by atoms with Gasteiger partial charge in [-0.25, -0.2) is 18.8 Å². The van der Waals surface area contributed by atoms with Crippen molar-refractivity contribution in [3.63, 3.8) is 0 Å². The van der Waals surface area contributed by atoms with Crippen LogP contribution in [0.4, 0.5) is 33.5 Å². The largest absolute Gasteiger partial charge is 0.468 e. The number of piperazine rings is 1. The van der Waals surface area contributed by atoms with E-state index in [2.05, 4.69) is 37.2 Å². The van der Waals surface area contributed by atoms with Crippen molar-refractivity contribution < 1.29 is 26.7 Å². The smallest absolute Gasteiger partial charge is 0.416 e. The number of alkyl halides is 3. The molecule has 4 aromatic rings. The normalized spacial score (nSPS) is 14.9. The molecular weight excluding hydrogens is 595 g/mol. The van der Waals surface area contributed by atoms with Gasteiger partial charge in [0.05, 0.1) is 16.8 Å². The maximum Gasteiger partial charge on any atom is 0.416 e. The number of aryl methyl sites for hydroxylation is 1. The van der Waals surface area contributed by atoms with Gasteiger partial charge in [0, 0.05) is 61.2 Å². The number of allylic oxidation sites excluding steroid dienone is 1. The minimum Gasteiger partial charge on any atom is -0.468 e. The van der Waals surface area contributed by atoms with Crippen molar-refractivity contribution in [2.24, 2.45) is 9.98 Å². The zero-order valence-electron chi connectivity index (χ0n) is 24.6. The molecule has 14 heteroatoms. The van der Waals surface area contributed by atoms with Gasteiger partial charge in [0.25, 0.3) is 0 Å². The highest BCUT2D eigenvalue weighted by molar-refractivity contribution is 5.94. The quantitative estimate of drug-likeness (QED) is 0.109. The van der Waals surface area contributed by atoms with E-state index in [9.17, 15) is 17.6 Å². The summed E-state index contributed by atoms with van der Waals surface area (Å²) in [5, 5.41) is 10.2. The highest BCUT2D eigenvalue weighted by Gasteiger charge is 2.31. The lowest BCUT2D eigenvalue weighted by molar-refractivity contribution is -0.137. The minimum atomic E-state index is -4.45. The lowest BCUT2D eigenvalue weighted by Gasteiger charge is -2.37.